The van der Waals surface area contributed by atoms with Crippen LogP contribution in [0.5, 0.6) is 0 Å². The van der Waals surface area contributed by atoms with E-state index < -0.39 is 0 Å². The molecular weight excluding hydrogens is 174 g/mol. The highest BCUT2D eigenvalue weighted by Crippen LogP contribution is 2.18. The fourth-order valence-corrected chi connectivity index (χ4v) is 1.64. The van der Waals surface area contributed by atoms with E-state index in [1.807, 2.05) is 12.1 Å². The molecule has 1 aromatic heterocycles. The molecule has 2 heterocycles. The van der Waals surface area contributed by atoms with Gasteiger partial charge in [-0.1, -0.05) is 6.07 Å². The summed E-state index contributed by atoms with van der Waals surface area (Å²) in [6.45, 7) is 4.24. The summed E-state index contributed by atoms with van der Waals surface area (Å²) in [5.74, 6) is 0. The molecule has 0 spiro atoms. The van der Waals surface area contributed by atoms with Gasteiger partial charge in [-0.05, 0) is 25.5 Å². The Kier molecular flexibility index (Phi) is 2.47. The molecule has 1 atom stereocenters. The van der Waals surface area contributed by atoms with E-state index in [1.165, 1.54) is 6.42 Å². The maximum absolute atomic E-state index is 8.69. The van der Waals surface area contributed by atoms with Gasteiger partial charge in [0.2, 0.25) is 0 Å². The first-order valence-corrected chi connectivity index (χ1v) is 4.89. The quantitative estimate of drug-likeness (QED) is 0.705. The third kappa shape index (κ3) is 1.75. The van der Waals surface area contributed by atoms with Crippen LogP contribution >= 0.6 is 0 Å². The van der Waals surface area contributed by atoms with Gasteiger partial charge in [0.15, 0.2) is 0 Å². The van der Waals surface area contributed by atoms with Gasteiger partial charge in [-0.25, -0.2) is 4.98 Å². The Labute approximate surface area is 84.0 Å². The SMILES string of the molecule is C[C@H]1CCN1Cc1cccc(C#N)n1. The number of nitrogens with zero attached hydrogens (tertiary/aromatic N) is 3. The fourth-order valence-electron chi connectivity index (χ4n) is 1.64. The molecule has 0 radical (unpaired) electrons. The average molecular weight is 187 g/mol. The van der Waals surface area contributed by atoms with E-state index in [0.29, 0.717) is 11.7 Å². The average Bonchev–Trinajstić information content (AvgIpc) is 2.24. The zero-order chi connectivity index (χ0) is 9.97. The molecule has 1 aliphatic heterocycles. The molecule has 0 N–H and O–H groups in total. The van der Waals surface area contributed by atoms with Gasteiger partial charge in [-0.15, -0.1) is 0 Å². The molecule has 0 bridgehead atoms. The summed E-state index contributed by atoms with van der Waals surface area (Å²) < 4.78 is 0. The lowest BCUT2D eigenvalue weighted by Gasteiger charge is -2.38. The Balaban J connectivity index is 2.06. The van der Waals surface area contributed by atoms with Crippen LogP contribution in [0.25, 0.3) is 0 Å². The van der Waals surface area contributed by atoms with Crippen molar-refractivity contribution in [3.63, 3.8) is 0 Å². The van der Waals surface area contributed by atoms with Crippen LogP contribution in [-0.4, -0.2) is 22.5 Å². The lowest BCUT2D eigenvalue weighted by atomic mass is 10.1. The molecular formula is C11H13N3. The predicted octanol–water partition coefficient (Wildman–Crippen LogP) is 1.55. The molecule has 3 nitrogen and oxygen atoms in total. The van der Waals surface area contributed by atoms with Crippen LogP contribution in [0.4, 0.5) is 0 Å². The van der Waals surface area contributed by atoms with Crippen molar-refractivity contribution in [2.24, 2.45) is 0 Å². The van der Waals surface area contributed by atoms with E-state index in [9.17, 15) is 0 Å². The molecule has 0 amide bonds. The smallest absolute Gasteiger partial charge is 0.140 e. The number of pyridine rings is 1. The van der Waals surface area contributed by atoms with E-state index >= 15 is 0 Å². The maximum atomic E-state index is 8.69. The van der Waals surface area contributed by atoms with Gasteiger partial charge in [-0.3, -0.25) is 4.90 Å². The lowest BCUT2D eigenvalue weighted by molar-refractivity contribution is 0.0943. The van der Waals surface area contributed by atoms with Gasteiger partial charge in [0.05, 0.1) is 5.69 Å². The van der Waals surface area contributed by atoms with Crippen molar-refractivity contribution in [3.05, 3.63) is 29.6 Å². The number of hydrogen-bond acceptors (Lipinski definition) is 3. The van der Waals surface area contributed by atoms with Crippen LogP contribution in [0.1, 0.15) is 24.7 Å². The zero-order valence-electron chi connectivity index (χ0n) is 8.27. The largest absolute Gasteiger partial charge is 0.295 e. The van der Waals surface area contributed by atoms with Crippen LogP contribution in [0, 0.1) is 11.3 Å². The van der Waals surface area contributed by atoms with Crippen molar-refractivity contribution in [3.8, 4) is 6.07 Å². The Morgan fingerprint density at radius 3 is 3.07 bits per heavy atom. The fraction of sp³-hybridized carbons (Fsp3) is 0.455. The molecule has 1 aromatic rings. The molecule has 1 saturated heterocycles. The topological polar surface area (TPSA) is 39.9 Å². The van der Waals surface area contributed by atoms with Crippen molar-refractivity contribution in [2.75, 3.05) is 6.54 Å². The highest BCUT2D eigenvalue weighted by atomic mass is 15.2. The molecule has 2 rings (SSSR count). The van der Waals surface area contributed by atoms with E-state index in [2.05, 4.69) is 22.9 Å². The van der Waals surface area contributed by atoms with E-state index in [1.54, 1.807) is 6.07 Å². The Hall–Kier alpha value is -1.40. The van der Waals surface area contributed by atoms with Crippen molar-refractivity contribution in [1.29, 1.82) is 5.26 Å². The monoisotopic (exact) mass is 187 g/mol. The summed E-state index contributed by atoms with van der Waals surface area (Å²) in [6.07, 6.45) is 1.28. The minimum atomic E-state index is 0.510. The molecule has 14 heavy (non-hydrogen) atoms. The first-order chi connectivity index (χ1) is 6.79. The Morgan fingerprint density at radius 2 is 2.50 bits per heavy atom. The third-order valence-corrected chi connectivity index (χ3v) is 2.74. The van der Waals surface area contributed by atoms with Crippen LogP contribution in [0.2, 0.25) is 0 Å². The summed E-state index contributed by atoms with van der Waals surface area (Å²) in [5.41, 5.74) is 1.51. The predicted molar refractivity (Wildman–Crippen MR) is 53.4 cm³/mol. The maximum Gasteiger partial charge on any atom is 0.140 e. The number of hydrogen-bond donors (Lipinski definition) is 0. The summed E-state index contributed by atoms with van der Waals surface area (Å²) in [4.78, 5) is 6.61. The molecule has 0 aromatic carbocycles. The number of likely N-dealkylation sites (tertiary alicyclic amines) is 1. The highest BCUT2D eigenvalue weighted by molar-refractivity contribution is 5.22. The second kappa shape index (κ2) is 3.77. The number of aromatic nitrogens is 1. The lowest BCUT2D eigenvalue weighted by Crippen LogP contribution is -2.44. The van der Waals surface area contributed by atoms with Crippen molar-refractivity contribution < 1.29 is 0 Å². The first kappa shape index (κ1) is 9.17. The van der Waals surface area contributed by atoms with E-state index in [-0.39, 0.29) is 0 Å². The summed E-state index contributed by atoms with van der Waals surface area (Å²) in [7, 11) is 0. The van der Waals surface area contributed by atoms with Crippen LogP contribution < -0.4 is 0 Å². The van der Waals surface area contributed by atoms with Crippen LogP contribution in [-0.2, 0) is 6.54 Å². The molecule has 72 valence electrons. The van der Waals surface area contributed by atoms with Crippen molar-refractivity contribution in [2.45, 2.75) is 25.9 Å². The van der Waals surface area contributed by atoms with E-state index in [4.69, 9.17) is 5.26 Å². The second-order valence-corrected chi connectivity index (χ2v) is 3.73. The standard InChI is InChI=1S/C11H13N3/c1-9-5-6-14(9)8-11-4-2-3-10(7-12)13-11/h2-4,9H,5-6,8H2,1H3/t9-/m0/s1. The molecule has 0 saturated carbocycles. The number of rotatable bonds is 2. The van der Waals surface area contributed by atoms with Crippen LogP contribution in [0.15, 0.2) is 18.2 Å². The molecule has 1 aliphatic rings. The van der Waals surface area contributed by atoms with E-state index in [0.717, 1.165) is 18.8 Å². The van der Waals surface area contributed by atoms with Crippen molar-refractivity contribution >= 4 is 0 Å². The second-order valence-electron chi connectivity index (χ2n) is 3.73. The van der Waals surface area contributed by atoms with Gasteiger partial charge in [0, 0.05) is 19.1 Å². The van der Waals surface area contributed by atoms with Gasteiger partial charge in [0.25, 0.3) is 0 Å². The number of nitriles is 1. The summed E-state index contributed by atoms with van der Waals surface area (Å²) >= 11 is 0. The minimum Gasteiger partial charge on any atom is -0.295 e. The first-order valence-electron chi connectivity index (χ1n) is 4.89. The third-order valence-electron chi connectivity index (χ3n) is 2.74. The minimum absolute atomic E-state index is 0.510. The molecule has 3 heteroatoms. The highest BCUT2D eigenvalue weighted by Gasteiger charge is 2.23. The zero-order valence-corrected chi connectivity index (χ0v) is 8.27. The van der Waals surface area contributed by atoms with Gasteiger partial charge in [-0.2, -0.15) is 5.26 Å². The van der Waals surface area contributed by atoms with Gasteiger partial charge >= 0.3 is 0 Å². The molecule has 0 unspecified atom stereocenters. The molecule has 1 fully saturated rings. The Bertz CT molecular complexity index is 367. The normalized spacial score (nSPS) is 21.3. The van der Waals surface area contributed by atoms with Gasteiger partial charge < -0.3 is 0 Å². The summed E-state index contributed by atoms with van der Waals surface area (Å²) in [5, 5.41) is 8.69. The Morgan fingerprint density at radius 1 is 1.64 bits per heavy atom. The van der Waals surface area contributed by atoms with Crippen molar-refractivity contribution in [1.82, 2.24) is 9.88 Å². The van der Waals surface area contributed by atoms with Crippen LogP contribution in [0.3, 0.4) is 0 Å². The molecule has 0 aliphatic carbocycles. The summed E-state index contributed by atoms with van der Waals surface area (Å²) in [6, 6.07) is 8.34. The van der Waals surface area contributed by atoms with Gasteiger partial charge in [0.1, 0.15) is 11.8 Å².